The second-order valence-electron chi connectivity index (χ2n) is 5.19. The van der Waals surface area contributed by atoms with E-state index in [9.17, 15) is 0 Å². The molecule has 19 heavy (non-hydrogen) atoms. The van der Waals surface area contributed by atoms with E-state index in [4.69, 9.17) is 0 Å². The first-order chi connectivity index (χ1) is 9.25. The molecule has 4 nitrogen and oxygen atoms in total. The Morgan fingerprint density at radius 1 is 1.21 bits per heavy atom. The largest absolute Gasteiger partial charge is 0.385 e. The lowest BCUT2D eigenvalue weighted by atomic mass is 10.2. The van der Waals surface area contributed by atoms with Crippen LogP contribution in [0.25, 0.3) is 0 Å². The number of hydrogen-bond acceptors (Lipinski definition) is 3. The number of anilines is 1. The normalized spacial score (nSPS) is 10.9. The van der Waals surface area contributed by atoms with Gasteiger partial charge in [0.2, 0.25) is 0 Å². The van der Waals surface area contributed by atoms with Crippen molar-refractivity contribution in [3.63, 3.8) is 0 Å². The zero-order valence-corrected chi connectivity index (χ0v) is 11.7. The molecule has 1 heterocycles. The highest BCUT2D eigenvalue weighted by Crippen LogP contribution is 2.07. The van der Waals surface area contributed by atoms with Crippen LogP contribution in [0.2, 0.25) is 0 Å². The lowest BCUT2D eigenvalue weighted by Gasteiger charge is -2.09. The summed E-state index contributed by atoms with van der Waals surface area (Å²) in [5.74, 6) is 1.71. The van der Waals surface area contributed by atoms with Gasteiger partial charge in [0, 0.05) is 25.2 Å². The van der Waals surface area contributed by atoms with Crippen LogP contribution < -0.4 is 5.32 Å². The summed E-state index contributed by atoms with van der Waals surface area (Å²) in [6.45, 7) is 6.37. The summed E-state index contributed by atoms with van der Waals surface area (Å²) in [5, 5.41) is 11.6. The first kappa shape index (κ1) is 13.6. The standard InChI is InChI=1S/C15H22N4/c1-13(2)11-19-12-17-18-15(19)9-6-10-16-14-7-4-3-5-8-14/h3-5,7-8,12-13,16H,6,9-11H2,1-2H3. The summed E-state index contributed by atoms with van der Waals surface area (Å²) in [7, 11) is 0. The fourth-order valence-electron chi connectivity index (χ4n) is 2.05. The summed E-state index contributed by atoms with van der Waals surface area (Å²) in [6.07, 6.45) is 3.86. The third kappa shape index (κ3) is 4.39. The van der Waals surface area contributed by atoms with Gasteiger partial charge in [0.05, 0.1) is 0 Å². The molecule has 0 saturated heterocycles. The van der Waals surface area contributed by atoms with Gasteiger partial charge in [-0.15, -0.1) is 10.2 Å². The van der Waals surface area contributed by atoms with Crippen molar-refractivity contribution in [1.29, 1.82) is 0 Å². The fourth-order valence-corrected chi connectivity index (χ4v) is 2.05. The van der Waals surface area contributed by atoms with E-state index in [1.165, 1.54) is 5.69 Å². The van der Waals surface area contributed by atoms with Crippen LogP contribution in [0.1, 0.15) is 26.1 Å². The predicted molar refractivity (Wildman–Crippen MR) is 78.1 cm³/mol. The molecular formula is C15H22N4. The van der Waals surface area contributed by atoms with Crippen LogP contribution in [-0.4, -0.2) is 21.3 Å². The molecule has 0 saturated carbocycles. The van der Waals surface area contributed by atoms with Gasteiger partial charge in [0.1, 0.15) is 12.2 Å². The zero-order chi connectivity index (χ0) is 13.5. The third-order valence-electron chi connectivity index (χ3n) is 2.94. The molecule has 2 rings (SSSR count). The van der Waals surface area contributed by atoms with Gasteiger partial charge in [0.15, 0.2) is 0 Å². The molecule has 0 aliphatic rings. The molecule has 0 fully saturated rings. The highest BCUT2D eigenvalue weighted by atomic mass is 15.3. The average Bonchev–Trinajstić information content (AvgIpc) is 2.82. The Labute approximate surface area is 114 Å². The molecule has 0 spiro atoms. The Balaban J connectivity index is 1.75. The number of hydrogen-bond donors (Lipinski definition) is 1. The van der Waals surface area contributed by atoms with Crippen molar-refractivity contribution in [3.8, 4) is 0 Å². The van der Waals surface area contributed by atoms with E-state index < -0.39 is 0 Å². The molecule has 0 unspecified atom stereocenters. The Bertz CT molecular complexity index is 476. The number of nitrogens with one attached hydrogen (secondary N) is 1. The van der Waals surface area contributed by atoms with Crippen LogP contribution >= 0.6 is 0 Å². The quantitative estimate of drug-likeness (QED) is 0.776. The van der Waals surface area contributed by atoms with Gasteiger partial charge < -0.3 is 9.88 Å². The van der Waals surface area contributed by atoms with Gasteiger partial charge in [-0.1, -0.05) is 32.0 Å². The van der Waals surface area contributed by atoms with Crippen molar-refractivity contribution in [2.45, 2.75) is 33.2 Å². The van der Waals surface area contributed by atoms with E-state index in [0.29, 0.717) is 5.92 Å². The van der Waals surface area contributed by atoms with Gasteiger partial charge in [-0.25, -0.2) is 0 Å². The third-order valence-corrected chi connectivity index (χ3v) is 2.94. The molecule has 0 aliphatic heterocycles. The van der Waals surface area contributed by atoms with E-state index in [0.717, 1.165) is 31.8 Å². The molecule has 0 amide bonds. The van der Waals surface area contributed by atoms with Crippen molar-refractivity contribution in [3.05, 3.63) is 42.5 Å². The molecule has 0 radical (unpaired) electrons. The number of aryl methyl sites for hydroxylation is 1. The Hall–Kier alpha value is -1.84. The predicted octanol–water partition coefficient (Wildman–Crippen LogP) is 2.98. The van der Waals surface area contributed by atoms with Gasteiger partial charge in [0.25, 0.3) is 0 Å². The van der Waals surface area contributed by atoms with E-state index in [-0.39, 0.29) is 0 Å². The summed E-state index contributed by atoms with van der Waals surface area (Å²) in [6, 6.07) is 10.3. The van der Waals surface area contributed by atoms with Crippen LogP contribution in [0.15, 0.2) is 36.7 Å². The summed E-state index contributed by atoms with van der Waals surface area (Å²) < 4.78 is 2.16. The molecule has 0 atom stereocenters. The van der Waals surface area contributed by atoms with E-state index >= 15 is 0 Å². The second-order valence-corrected chi connectivity index (χ2v) is 5.19. The van der Waals surface area contributed by atoms with Crippen molar-refractivity contribution in [2.24, 2.45) is 5.92 Å². The van der Waals surface area contributed by atoms with E-state index in [1.54, 1.807) is 0 Å². The molecule has 4 heteroatoms. The molecule has 1 aromatic carbocycles. The SMILES string of the molecule is CC(C)Cn1cnnc1CCCNc1ccccc1. The summed E-state index contributed by atoms with van der Waals surface area (Å²) >= 11 is 0. The number of aromatic nitrogens is 3. The van der Waals surface area contributed by atoms with Crippen molar-refractivity contribution >= 4 is 5.69 Å². The topological polar surface area (TPSA) is 42.7 Å². The Morgan fingerprint density at radius 2 is 2.00 bits per heavy atom. The van der Waals surface area contributed by atoms with Gasteiger partial charge in [-0.05, 0) is 24.5 Å². The lowest BCUT2D eigenvalue weighted by molar-refractivity contribution is 0.504. The molecular weight excluding hydrogens is 236 g/mol. The molecule has 1 aromatic heterocycles. The molecule has 1 N–H and O–H groups in total. The number of nitrogens with zero attached hydrogens (tertiary/aromatic N) is 3. The van der Waals surface area contributed by atoms with Crippen LogP contribution in [0, 0.1) is 5.92 Å². The summed E-state index contributed by atoms with van der Waals surface area (Å²) in [5.41, 5.74) is 1.17. The van der Waals surface area contributed by atoms with Crippen molar-refractivity contribution in [1.82, 2.24) is 14.8 Å². The maximum Gasteiger partial charge on any atom is 0.132 e. The molecule has 2 aromatic rings. The number of rotatable bonds is 7. The minimum Gasteiger partial charge on any atom is -0.385 e. The lowest BCUT2D eigenvalue weighted by Crippen LogP contribution is -2.10. The highest BCUT2D eigenvalue weighted by Gasteiger charge is 2.05. The van der Waals surface area contributed by atoms with Crippen LogP contribution in [0.3, 0.4) is 0 Å². The first-order valence-electron chi connectivity index (χ1n) is 6.91. The second kappa shape index (κ2) is 6.92. The maximum atomic E-state index is 4.20. The monoisotopic (exact) mass is 258 g/mol. The molecule has 0 aliphatic carbocycles. The first-order valence-corrected chi connectivity index (χ1v) is 6.91. The minimum atomic E-state index is 0.622. The van der Waals surface area contributed by atoms with Gasteiger partial charge >= 0.3 is 0 Å². The smallest absolute Gasteiger partial charge is 0.132 e. The van der Waals surface area contributed by atoms with E-state index in [1.807, 2.05) is 24.5 Å². The van der Waals surface area contributed by atoms with Crippen molar-refractivity contribution < 1.29 is 0 Å². The Morgan fingerprint density at radius 3 is 2.74 bits per heavy atom. The van der Waals surface area contributed by atoms with E-state index in [2.05, 4.69) is 46.1 Å². The highest BCUT2D eigenvalue weighted by molar-refractivity contribution is 5.42. The minimum absolute atomic E-state index is 0.622. The molecule has 102 valence electrons. The molecule has 0 bridgehead atoms. The maximum absolute atomic E-state index is 4.20. The zero-order valence-electron chi connectivity index (χ0n) is 11.7. The number of benzene rings is 1. The summed E-state index contributed by atoms with van der Waals surface area (Å²) in [4.78, 5) is 0. The Kier molecular flexibility index (Phi) is 4.95. The van der Waals surface area contributed by atoms with Gasteiger partial charge in [-0.3, -0.25) is 0 Å². The van der Waals surface area contributed by atoms with Crippen LogP contribution in [-0.2, 0) is 13.0 Å². The fraction of sp³-hybridized carbons (Fsp3) is 0.467. The van der Waals surface area contributed by atoms with Crippen LogP contribution in [0.5, 0.6) is 0 Å². The van der Waals surface area contributed by atoms with Crippen LogP contribution in [0.4, 0.5) is 5.69 Å². The number of para-hydroxylation sites is 1. The van der Waals surface area contributed by atoms with Crippen molar-refractivity contribution in [2.75, 3.05) is 11.9 Å². The average molecular weight is 258 g/mol. The van der Waals surface area contributed by atoms with Gasteiger partial charge in [-0.2, -0.15) is 0 Å².